The first-order chi connectivity index (χ1) is 13.1. The molecule has 0 amide bonds. The van der Waals surface area contributed by atoms with Crippen LogP contribution < -0.4 is 10.6 Å². The first-order valence-corrected chi connectivity index (χ1v) is 10.1. The van der Waals surface area contributed by atoms with Gasteiger partial charge in [-0.3, -0.25) is 4.57 Å². The van der Waals surface area contributed by atoms with Gasteiger partial charge in [0.15, 0.2) is 0 Å². The van der Waals surface area contributed by atoms with Gasteiger partial charge in [0.2, 0.25) is 5.95 Å². The van der Waals surface area contributed by atoms with Gasteiger partial charge in [-0.25, -0.2) is 14.2 Å². The van der Waals surface area contributed by atoms with Crippen LogP contribution in [0.1, 0.15) is 16.9 Å². The van der Waals surface area contributed by atoms with Gasteiger partial charge in [0.25, 0.3) is 0 Å². The van der Waals surface area contributed by atoms with E-state index in [-0.39, 0.29) is 11.5 Å². The first kappa shape index (κ1) is 18.1. The summed E-state index contributed by atoms with van der Waals surface area (Å²) in [7, 11) is 0. The minimum Gasteiger partial charge on any atom is -0.337 e. The van der Waals surface area contributed by atoms with E-state index in [0.29, 0.717) is 25.6 Å². The Morgan fingerprint density at radius 2 is 2.07 bits per heavy atom. The molecule has 0 bridgehead atoms. The summed E-state index contributed by atoms with van der Waals surface area (Å²) in [5.41, 5.74) is 1.88. The second-order valence-electron chi connectivity index (χ2n) is 6.23. The van der Waals surface area contributed by atoms with Crippen molar-refractivity contribution in [1.29, 1.82) is 0 Å². The summed E-state index contributed by atoms with van der Waals surface area (Å²) in [5, 5.41) is 1.98. The fourth-order valence-corrected chi connectivity index (χ4v) is 4.44. The Hall–Kier alpha value is -2.32. The van der Waals surface area contributed by atoms with Crippen molar-refractivity contribution >= 4 is 38.8 Å². The van der Waals surface area contributed by atoms with Crippen molar-refractivity contribution in [2.45, 2.75) is 13.0 Å². The second kappa shape index (κ2) is 7.74. The summed E-state index contributed by atoms with van der Waals surface area (Å²) in [6.45, 7) is 1.79. The van der Waals surface area contributed by atoms with Crippen LogP contribution in [-0.4, -0.2) is 27.6 Å². The van der Waals surface area contributed by atoms with E-state index in [1.54, 1.807) is 29.8 Å². The zero-order valence-corrected chi connectivity index (χ0v) is 16.7. The highest BCUT2D eigenvalue weighted by Crippen LogP contribution is 2.24. The zero-order valence-electron chi connectivity index (χ0n) is 14.3. The first-order valence-electron chi connectivity index (χ1n) is 8.45. The van der Waals surface area contributed by atoms with E-state index in [1.807, 2.05) is 16.3 Å². The third-order valence-corrected chi connectivity index (χ3v) is 6.09. The van der Waals surface area contributed by atoms with Gasteiger partial charge in [0.05, 0.1) is 6.54 Å². The van der Waals surface area contributed by atoms with E-state index < -0.39 is 0 Å². The van der Waals surface area contributed by atoms with Gasteiger partial charge < -0.3 is 4.90 Å². The van der Waals surface area contributed by atoms with E-state index in [4.69, 9.17) is 0 Å². The third kappa shape index (κ3) is 4.17. The predicted molar refractivity (Wildman–Crippen MR) is 109 cm³/mol. The molecule has 3 heterocycles. The van der Waals surface area contributed by atoms with Gasteiger partial charge >= 0.3 is 5.69 Å². The lowest BCUT2D eigenvalue weighted by Crippen LogP contribution is -2.33. The van der Waals surface area contributed by atoms with Crippen LogP contribution in [0.3, 0.4) is 0 Å². The maximum atomic E-state index is 13.1. The van der Waals surface area contributed by atoms with E-state index in [2.05, 4.69) is 32.0 Å². The van der Waals surface area contributed by atoms with E-state index >= 15 is 0 Å². The molecular weight excluding hydrogens is 431 g/mol. The fraction of sp³-hybridized carbons (Fsp3) is 0.211. The molecule has 0 aliphatic carbocycles. The molecule has 0 saturated heterocycles. The molecule has 0 saturated carbocycles. The average Bonchev–Trinajstić information content (AvgIpc) is 3.09. The Labute approximate surface area is 168 Å². The molecule has 4 rings (SSSR count). The van der Waals surface area contributed by atoms with Crippen molar-refractivity contribution in [3.8, 4) is 0 Å². The normalized spacial score (nSPS) is 14.3. The van der Waals surface area contributed by atoms with Gasteiger partial charge in [-0.05, 0) is 51.7 Å². The SMILES string of the molecule is O=c1nc(N2CC=C(c3ccc(F)cc3)CC2)ncn1Cc1cc(Br)cs1. The maximum absolute atomic E-state index is 13.1. The number of aromatic nitrogens is 3. The van der Waals surface area contributed by atoms with Crippen LogP contribution in [0.25, 0.3) is 5.57 Å². The number of anilines is 1. The molecule has 0 fully saturated rings. The van der Waals surface area contributed by atoms with E-state index in [1.165, 1.54) is 22.3 Å². The summed E-state index contributed by atoms with van der Waals surface area (Å²) in [5.74, 6) is 0.207. The number of thiophene rings is 1. The standard InChI is InChI=1S/C19H16BrFN4OS/c20-15-9-17(27-11-15)10-25-12-22-18(23-19(25)26)24-7-5-14(6-8-24)13-1-3-16(21)4-2-13/h1-5,9,11-12H,6-8,10H2. The van der Waals surface area contributed by atoms with Crippen LogP contribution in [0, 0.1) is 5.82 Å². The topological polar surface area (TPSA) is 51.0 Å². The monoisotopic (exact) mass is 446 g/mol. The van der Waals surface area contributed by atoms with Crippen LogP contribution in [0.2, 0.25) is 0 Å². The highest BCUT2D eigenvalue weighted by atomic mass is 79.9. The van der Waals surface area contributed by atoms with Gasteiger partial charge in [-0.2, -0.15) is 4.98 Å². The molecular formula is C19H16BrFN4OS. The molecule has 2 aromatic heterocycles. The number of nitrogens with zero attached hydrogens (tertiary/aromatic N) is 4. The molecule has 5 nitrogen and oxygen atoms in total. The molecule has 27 heavy (non-hydrogen) atoms. The summed E-state index contributed by atoms with van der Waals surface area (Å²) in [6, 6.07) is 8.50. The second-order valence-corrected chi connectivity index (χ2v) is 8.14. The van der Waals surface area contributed by atoms with Crippen LogP contribution >= 0.6 is 27.3 Å². The van der Waals surface area contributed by atoms with E-state index in [0.717, 1.165) is 21.3 Å². The Balaban J connectivity index is 1.47. The Morgan fingerprint density at radius 3 is 2.70 bits per heavy atom. The van der Waals surface area contributed by atoms with Crippen LogP contribution in [0.15, 0.2) is 57.4 Å². The van der Waals surface area contributed by atoms with Crippen LogP contribution in [0.5, 0.6) is 0 Å². The summed E-state index contributed by atoms with van der Waals surface area (Å²) in [4.78, 5) is 23.9. The predicted octanol–water partition coefficient (Wildman–Crippen LogP) is 3.94. The fourth-order valence-electron chi connectivity index (χ4n) is 2.99. The lowest BCUT2D eigenvalue weighted by molar-refractivity contribution is 0.627. The largest absolute Gasteiger partial charge is 0.352 e. The highest BCUT2D eigenvalue weighted by Gasteiger charge is 2.16. The number of halogens is 2. The van der Waals surface area contributed by atoms with E-state index in [9.17, 15) is 9.18 Å². The number of hydrogen-bond acceptors (Lipinski definition) is 5. The smallest absolute Gasteiger partial charge is 0.337 e. The molecule has 0 atom stereocenters. The van der Waals surface area contributed by atoms with Crippen LogP contribution in [0.4, 0.5) is 10.3 Å². The quantitative estimate of drug-likeness (QED) is 0.608. The molecule has 0 N–H and O–H groups in total. The van der Waals surface area contributed by atoms with Crippen molar-refractivity contribution in [2.24, 2.45) is 0 Å². The number of benzene rings is 1. The van der Waals surface area contributed by atoms with Gasteiger partial charge in [0.1, 0.15) is 12.1 Å². The molecule has 3 aromatic rings. The van der Waals surface area contributed by atoms with Crippen molar-refractivity contribution in [3.63, 3.8) is 0 Å². The lowest BCUT2D eigenvalue weighted by Gasteiger charge is -2.26. The van der Waals surface area contributed by atoms with Crippen molar-refractivity contribution in [1.82, 2.24) is 14.5 Å². The van der Waals surface area contributed by atoms with Gasteiger partial charge in [-0.15, -0.1) is 11.3 Å². The number of hydrogen-bond donors (Lipinski definition) is 0. The summed E-state index contributed by atoms with van der Waals surface area (Å²) < 4.78 is 15.6. The molecule has 1 aliphatic heterocycles. The minimum atomic E-state index is -0.308. The molecule has 0 spiro atoms. The van der Waals surface area contributed by atoms with Crippen molar-refractivity contribution in [3.05, 3.63) is 79.3 Å². The average molecular weight is 447 g/mol. The Morgan fingerprint density at radius 1 is 1.26 bits per heavy atom. The number of rotatable bonds is 4. The minimum absolute atomic E-state index is 0.236. The van der Waals surface area contributed by atoms with Crippen molar-refractivity contribution in [2.75, 3.05) is 18.0 Å². The molecule has 1 aromatic carbocycles. The highest BCUT2D eigenvalue weighted by molar-refractivity contribution is 9.10. The molecule has 0 radical (unpaired) electrons. The third-order valence-electron chi connectivity index (χ3n) is 4.41. The lowest BCUT2D eigenvalue weighted by atomic mass is 10.00. The Kier molecular flexibility index (Phi) is 5.18. The van der Waals surface area contributed by atoms with Gasteiger partial charge in [0, 0.05) is 27.8 Å². The molecule has 8 heteroatoms. The molecule has 0 unspecified atom stereocenters. The molecule has 138 valence electrons. The van der Waals surface area contributed by atoms with Crippen LogP contribution in [-0.2, 0) is 6.54 Å². The van der Waals surface area contributed by atoms with Crippen molar-refractivity contribution < 1.29 is 4.39 Å². The summed E-state index contributed by atoms with van der Waals surface area (Å²) >= 11 is 4.99. The Bertz CT molecular complexity index is 1040. The van der Waals surface area contributed by atoms with Gasteiger partial charge in [-0.1, -0.05) is 18.2 Å². The molecule has 1 aliphatic rings. The maximum Gasteiger partial charge on any atom is 0.352 e. The zero-order chi connectivity index (χ0) is 18.8. The summed E-state index contributed by atoms with van der Waals surface area (Å²) in [6.07, 6.45) is 4.42.